The third kappa shape index (κ3) is 5.24. The topological polar surface area (TPSA) is 114 Å². The summed E-state index contributed by atoms with van der Waals surface area (Å²) in [5.41, 5.74) is 1.41. The third-order valence-corrected chi connectivity index (χ3v) is 8.27. The molecule has 10 nitrogen and oxygen atoms in total. The first-order valence-corrected chi connectivity index (χ1v) is 13.0. The molecule has 0 unspecified atom stereocenters. The van der Waals surface area contributed by atoms with Gasteiger partial charge < -0.3 is 29.2 Å². The molecule has 0 bridgehead atoms. The number of piperidine rings is 1. The number of hydrogen-bond donors (Lipinski definition) is 2. The molecule has 36 heavy (non-hydrogen) atoms. The summed E-state index contributed by atoms with van der Waals surface area (Å²) in [5.74, 6) is -0.0396. The van der Waals surface area contributed by atoms with Gasteiger partial charge in [-0.25, -0.2) is 14.8 Å². The van der Waals surface area contributed by atoms with E-state index in [2.05, 4.69) is 27.1 Å². The average molecular weight is 555 g/mol. The Hall–Kier alpha value is -2.60. The second-order valence-corrected chi connectivity index (χ2v) is 10.4. The van der Waals surface area contributed by atoms with Crippen molar-refractivity contribution in [1.82, 2.24) is 24.8 Å². The van der Waals surface area contributed by atoms with Crippen molar-refractivity contribution in [3.63, 3.8) is 0 Å². The minimum absolute atomic E-state index is 0.0559. The number of halogens is 2. The van der Waals surface area contributed by atoms with Gasteiger partial charge in [0.2, 0.25) is 0 Å². The van der Waals surface area contributed by atoms with E-state index in [0.717, 1.165) is 0 Å². The Morgan fingerprint density at radius 1 is 1.31 bits per heavy atom. The van der Waals surface area contributed by atoms with E-state index >= 15 is 0 Å². The number of aryl methyl sites for hydroxylation is 1. The number of aromatic nitrogens is 4. The summed E-state index contributed by atoms with van der Waals surface area (Å²) in [7, 11) is 2.98. The highest BCUT2D eigenvalue weighted by molar-refractivity contribution is 7.17. The van der Waals surface area contributed by atoms with Crippen LogP contribution in [0.5, 0.6) is 0 Å². The molecule has 0 aliphatic carbocycles. The van der Waals surface area contributed by atoms with Crippen LogP contribution in [0.4, 0.5) is 5.13 Å². The van der Waals surface area contributed by atoms with Crippen LogP contribution < -0.4 is 10.2 Å². The van der Waals surface area contributed by atoms with Crippen molar-refractivity contribution in [3.8, 4) is 11.5 Å². The third-order valence-electron chi connectivity index (χ3n) is 6.22. The highest BCUT2D eigenvalue weighted by Gasteiger charge is 2.32. The number of aromatic amines is 1. The molecule has 2 N–H and O–H groups in total. The average Bonchev–Trinajstić information content (AvgIpc) is 3.58. The van der Waals surface area contributed by atoms with Crippen molar-refractivity contribution in [2.24, 2.45) is 5.92 Å². The van der Waals surface area contributed by atoms with Gasteiger partial charge >= 0.3 is 5.97 Å². The predicted molar refractivity (Wildman–Crippen MR) is 139 cm³/mol. The quantitative estimate of drug-likeness (QED) is 0.404. The lowest BCUT2D eigenvalue weighted by molar-refractivity contribution is 0.0606. The van der Waals surface area contributed by atoms with E-state index < -0.39 is 5.97 Å². The zero-order chi connectivity index (χ0) is 26.0. The number of anilines is 1. The first-order valence-electron chi connectivity index (χ1n) is 11.4. The molecule has 1 fully saturated rings. The van der Waals surface area contributed by atoms with E-state index in [1.165, 1.54) is 18.4 Å². The Morgan fingerprint density at radius 2 is 2.08 bits per heavy atom. The Bertz CT molecular complexity index is 1260. The van der Waals surface area contributed by atoms with Crippen LogP contribution >= 0.6 is 34.5 Å². The molecule has 0 radical (unpaired) electrons. The summed E-state index contributed by atoms with van der Waals surface area (Å²) in [6, 6.07) is -0.0559. The van der Waals surface area contributed by atoms with E-state index in [4.69, 9.17) is 37.7 Å². The van der Waals surface area contributed by atoms with Gasteiger partial charge in [-0.2, -0.15) is 0 Å². The first-order chi connectivity index (χ1) is 17.2. The molecule has 3 aromatic heterocycles. The number of imidazole rings is 1. The molecule has 194 valence electrons. The fourth-order valence-electron chi connectivity index (χ4n) is 4.23. The number of rotatable bonds is 8. The molecule has 1 aliphatic heterocycles. The van der Waals surface area contributed by atoms with Crippen LogP contribution in [0.1, 0.15) is 39.2 Å². The van der Waals surface area contributed by atoms with Crippen molar-refractivity contribution in [2.75, 3.05) is 38.8 Å². The maximum atomic E-state index is 12.8. The zero-order valence-corrected chi connectivity index (χ0v) is 22.8. The van der Waals surface area contributed by atoms with Crippen LogP contribution in [0.25, 0.3) is 11.5 Å². The van der Waals surface area contributed by atoms with Gasteiger partial charge in [0.15, 0.2) is 11.0 Å². The molecule has 0 saturated carbocycles. The lowest BCUT2D eigenvalue weighted by atomic mass is 9.94. The van der Waals surface area contributed by atoms with Gasteiger partial charge in [-0.3, -0.25) is 4.79 Å². The molecule has 0 spiro atoms. The number of methoxy groups -OCH3 is 2. The maximum absolute atomic E-state index is 12.8. The van der Waals surface area contributed by atoms with Crippen molar-refractivity contribution in [1.29, 1.82) is 0 Å². The van der Waals surface area contributed by atoms with E-state index in [9.17, 15) is 9.59 Å². The summed E-state index contributed by atoms with van der Waals surface area (Å²) < 4.78 is 12.1. The standard InChI is InChI=1S/C23H28Cl2N6O4S/c1-12-11-31(7-5-14(12)28-21(32)17-16(25)15(24)13(2)27-17)23-29-18(19(36-23)22(33)35-4)20-26-6-8-30(20)9-10-34-3/h6,8,12,14,27H,5,7,9-11H2,1-4H3,(H,28,32)/t12-,14+/m0/s1. The van der Waals surface area contributed by atoms with Gasteiger partial charge in [0, 0.05) is 50.9 Å². The zero-order valence-electron chi connectivity index (χ0n) is 20.4. The number of carbonyl (C=O) groups is 2. The number of amides is 1. The van der Waals surface area contributed by atoms with Crippen LogP contribution in [0.2, 0.25) is 10.0 Å². The van der Waals surface area contributed by atoms with E-state index in [0.29, 0.717) is 64.9 Å². The number of carbonyl (C=O) groups excluding carboxylic acids is 2. The van der Waals surface area contributed by atoms with Crippen LogP contribution in [0, 0.1) is 12.8 Å². The Balaban J connectivity index is 1.51. The van der Waals surface area contributed by atoms with Gasteiger partial charge in [-0.1, -0.05) is 41.5 Å². The van der Waals surface area contributed by atoms with Gasteiger partial charge in [0.25, 0.3) is 5.91 Å². The largest absolute Gasteiger partial charge is 0.465 e. The van der Waals surface area contributed by atoms with Crippen molar-refractivity contribution < 1.29 is 19.1 Å². The molecule has 1 saturated heterocycles. The number of thiazole rings is 1. The van der Waals surface area contributed by atoms with Crippen LogP contribution in [0.3, 0.4) is 0 Å². The van der Waals surface area contributed by atoms with E-state index in [1.54, 1.807) is 20.2 Å². The summed E-state index contributed by atoms with van der Waals surface area (Å²) in [6.07, 6.45) is 4.20. The Labute approximate surface area is 222 Å². The predicted octanol–water partition coefficient (Wildman–Crippen LogP) is 4.03. The molecular formula is C23H28Cl2N6O4S. The van der Waals surface area contributed by atoms with Crippen LogP contribution in [-0.4, -0.2) is 71.4 Å². The fourth-order valence-corrected chi connectivity index (χ4v) is 5.66. The summed E-state index contributed by atoms with van der Waals surface area (Å²) in [6.45, 7) is 6.22. The number of nitrogens with one attached hydrogen (secondary N) is 2. The van der Waals surface area contributed by atoms with Gasteiger partial charge in [-0.05, 0) is 19.3 Å². The lowest BCUT2D eigenvalue weighted by Gasteiger charge is -2.37. The number of hydrogen-bond acceptors (Lipinski definition) is 8. The number of H-pyrrole nitrogens is 1. The second kappa shape index (κ2) is 11.2. The molecule has 13 heteroatoms. The lowest BCUT2D eigenvalue weighted by Crippen LogP contribution is -2.50. The SMILES string of the molecule is COCCn1ccnc1-c1nc(N2CC[C@@H](NC(=O)c3[nH]c(C)c(Cl)c3Cl)[C@@H](C)C2)sc1C(=O)OC. The molecule has 0 aromatic carbocycles. The van der Waals surface area contributed by atoms with Gasteiger partial charge in [-0.15, -0.1) is 0 Å². The second-order valence-electron chi connectivity index (χ2n) is 8.65. The summed E-state index contributed by atoms with van der Waals surface area (Å²) >= 11 is 13.6. The highest BCUT2D eigenvalue weighted by atomic mass is 35.5. The fraction of sp³-hybridized carbons (Fsp3) is 0.478. The maximum Gasteiger partial charge on any atom is 0.350 e. The van der Waals surface area contributed by atoms with Crippen molar-refractivity contribution in [2.45, 2.75) is 32.9 Å². The van der Waals surface area contributed by atoms with Crippen LogP contribution in [-0.2, 0) is 16.0 Å². The number of ether oxygens (including phenoxy) is 2. The highest BCUT2D eigenvalue weighted by Crippen LogP contribution is 2.35. The molecule has 3 aromatic rings. The van der Waals surface area contributed by atoms with Crippen molar-refractivity contribution in [3.05, 3.63) is 38.7 Å². The molecule has 4 rings (SSSR count). The smallest absolute Gasteiger partial charge is 0.350 e. The molecule has 1 amide bonds. The van der Waals surface area contributed by atoms with E-state index in [-0.39, 0.29) is 28.6 Å². The Morgan fingerprint density at radius 3 is 2.72 bits per heavy atom. The summed E-state index contributed by atoms with van der Waals surface area (Å²) in [5, 5.41) is 4.37. The van der Waals surface area contributed by atoms with Gasteiger partial charge in [0.05, 0.1) is 23.8 Å². The number of esters is 1. The van der Waals surface area contributed by atoms with Crippen molar-refractivity contribution >= 4 is 51.5 Å². The Kier molecular flexibility index (Phi) is 8.23. The monoisotopic (exact) mass is 554 g/mol. The molecule has 1 aliphatic rings. The summed E-state index contributed by atoms with van der Waals surface area (Å²) in [4.78, 5) is 40.1. The normalized spacial score (nSPS) is 17.9. The molecule has 2 atom stereocenters. The van der Waals surface area contributed by atoms with E-state index in [1.807, 2.05) is 10.8 Å². The molecule has 4 heterocycles. The minimum atomic E-state index is -0.456. The van der Waals surface area contributed by atoms with Gasteiger partial charge in [0.1, 0.15) is 16.3 Å². The minimum Gasteiger partial charge on any atom is -0.465 e. The van der Waals surface area contributed by atoms with Crippen LogP contribution in [0.15, 0.2) is 12.4 Å². The first kappa shape index (κ1) is 26.5. The molecular weight excluding hydrogens is 527 g/mol. The number of nitrogens with zero attached hydrogens (tertiary/aromatic N) is 4.